The van der Waals surface area contributed by atoms with Crippen molar-refractivity contribution in [3.05, 3.63) is 0 Å². The maximum absolute atomic E-state index is 12.4. The van der Waals surface area contributed by atoms with E-state index in [4.69, 9.17) is 5.26 Å². The van der Waals surface area contributed by atoms with E-state index < -0.39 is 21.4 Å². The highest BCUT2D eigenvalue weighted by atomic mass is 32.3. The summed E-state index contributed by atoms with van der Waals surface area (Å²) in [5.41, 5.74) is -0.953. The van der Waals surface area contributed by atoms with Crippen LogP contribution in [0.4, 0.5) is 3.89 Å². The molecule has 1 rings (SSSR count). The Morgan fingerprint density at radius 1 is 1.31 bits per heavy atom. The second-order valence-corrected chi connectivity index (χ2v) is 5.00. The molecule has 0 aliphatic heterocycles. The monoisotopic (exact) mass is 205 g/mol. The van der Waals surface area contributed by atoms with Crippen LogP contribution in [0.1, 0.15) is 32.1 Å². The zero-order valence-corrected chi connectivity index (χ0v) is 8.11. The first-order valence-corrected chi connectivity index (χ1v) is 5.86. The largest absolute Gasteiger partial charge is 0.303 e. The first-order valence-electron chi connectivity index (χ1n) is 4.31. The van der Waals surface area contributed by atoms with Crippen molar-refractivity contribution in [2.75, 3.05) is 5.75 Å². The second kappa shape index (κ2) is 3.62. The lowest BCUT2D eigenvalue weighted by atomic mass is 9.77. The van der Waals surface area contributed by atoms with Crippen LogP contribution >= 0.6 is 0 Å². The van der Waals surface area contributed by atoms with E-state index in [9.17, 15) is 12.3 Å². The van der Waals surface area contributed by atoms with Crippen molar-refractivity contribution in [2.24, 2.45) is 5.41 Å². The van der Waals surface area contributed by atoms with Gasteiger partial charge in [0.1, 0.15) is 0 Å². The minimum absolute atomic E-state index is 0.507. The SMILES string of the molecule is N#CC1(CS(=O)(=O)F)CCCCC1. The molecule has 0 unspecified atom stereocenters. The minimum Gasteiger partial charge on any atom is -0.198 e. The normalized spacial score (nSPS) is 22.2. The minimum atomic E-state index is -4.52. The summed E-state index contributed by atoms with van der Waals surface area (Å²) in [5.74, 6) is -0.628. The molecule has 0 atom stereocenters. The standard InChI is InChI=1S/C8H12FNO2S/c9-13(11,12)7-8(6-10)4-2-1-3-5-8/h1-5,7H2. The fourth-order valence-electron chi connectivity index (χ4n) is 1.85. The highest BCUT2D eigenvalue weighted by molar-refractivity contribution is 7.86. The van der Waals surface area contributed by atoms with Gasteiger partial charge in [-0.15, -0.1) is 3.89 Å². The Kier molecular flexibility index (Phi) is 2.91. The Morgan fingerprint density at radius 2 is 1.85 bits per heavy atom. The predicted molar refractivity (Wildman–Crippen MR) is 46.0 cm³/mol. The molecule has 0 aromatic heterocycles. The van der Waals surface area contributed by atoms with E-state index in [0.717, 1.165) is 19.3 Å². The maximum atomic E-state index is 12.4. The van der Waals surface area contributed by atoms with Gasteiger partial charge in [-0.25, -0.2) is 0 Å². The van der Waals surface area contributed by atoms with Crippen LogP contribution in [0, 0.1) is 16.7 Å². The Morgan fingerprint density at radius 3 is 2.23 bits per heavy atom. The van der Waals surface area contributed by atoms with Crippen LogP contribution in [0.2, 0.25) is 0 Å². The molecule has 1 aliphatic rings. The average Bonchev–Trinajstić information content (AvgIpc) is 2.03. The van der Waals surface area contributed by atoms with Gasteiger partial charge in [0, 0.05) is 0 Å². The van der Waals surface area contributed by atoms with Gasteiger partial charge in [0.25, 0.3) is 0 Å². The number of rotatable bonds is 2. The molecule has 1 aliphatic carbocycles. The molecule has 0 aromatic rings. The molecule has 3 nitrogen and oxygen atoms in total. The fourth-order valence-corrected chi connectivity index (χ4v) is 2.86. The molecule has 5 heteroatoms. The van der Waals surface area contributed by atoms with E-state index in [2.05, 4.69) is 0 Å². The van der Waals surface area contributed by atoms with Crippen LogP contribution in [0.15, 0.2) is 0 Å². The summed E-state index contributed by atoms with van der Waals surface area (Å²) < 4.78 is 33.3. The van der Waals surface area contributed by atoms with E-state index in [1.54, 1.807) is 0 Å². The number of hydrogen-bond acceptors (Lipinski definition) is 3. The van der Waals surface area contributed by atoms with E-state index in [0.29, 0.717) is 12.8 Å². The molecule has 0 amide bonds. The lowest BCUT2D eigenvalue weighted by molar-refractivity contribution is 0.295. The van der Waals surface area contributed by atoms with Gasteiger partial charge in [0.05, 0.1) is 17.2 Å². The van der Waals surface area contributed by atoms with Crippen molar-refractivity contribution in [3.8, 4) is 6.07 Å². The quantitative estimate of drug-likeness (QED) is 0.645. The van der Waals surface area contributed by atoms with Crippen LogP contribution in [0.25, 0.3) is 0 Å². The molecule has 1 saturated carbocycles. The number of nitriles is 1. The summed E-state index contributed by atoms with van der Waals surface area (Å²) in [4.78, 5) is 0. The van der Waals surface area contributed by atoms with Gasteiger partial charge in [-0.1, -0.05) is 19.3 Å². The molecule has 13 heavy (non-hydrogen) atoms. The number of nitrogens with zero attached hydrogens (tertiary/aromatic N) is 1. The van der Waals surface area contributed by atoms with Gasteiger partial charge < -0.3 is 0 Å². The van der Waals surface area contributed by atoms with Gasteiger partial charge in [-0.3, -0.25) is 0 Å². The highest BCUT2D eigenvalue weighted by Crippen LogP contribution is 2.37. The van der Waals surface area contributed by atoms with Gasteiger partial charge in [-0.2, -0.15) is 13.7 Å². The van der Waals surface area contributed by atoms with Gasteiger partial charge in [0.2, 0.25) is 0 Å². The maximum Gasteiger partial charge on any atom is 0.303 e. The smallest absolute Gasteiger partial charge is 0.198 e. The first kappa shape index (κ1) is 10.5. The average molecular weight is 205 g/mol. The summed E-state index contributed by atoms with van der Waals surface area (Å²) in [6, 6.07) is 1.95. The molecule has 0 N–H and O–H groups in total. The molecule has 0 spiro atoms. The van der Waals surface area contributed by atoms with E-state index in [1.807, 2.05) is 6.07 Å². The highest BCUT2D eigenvalue weighted by Gasteiger charge is 2.36. The Balaban J connectivity index is 2.76. The van der Waals surface area contributed by atoms with Crippen molar-refractivity contribution >= 4 is 10.2 Å². The molecule has 0 saturated heterocycles. The molecule has 0 radical (unpaired) electrons. The van der Waals surface area contributed by atoms with Gasteiger partial charge in [-0.05, 0) is 12.8 Å². The van der Waals surface area contributed by atoms with Gasteiger partial charge >= 0.3 is 10.2 Å². The van der Waals surface area contributed by atoms with Crippen LogP contribution in [-0.2, 0) is 10.2 Å². The van der Waals surface area contributed by atoms with E-state index in [-0.39, 0.29) is 0 Å². The van der Waals surface area contributed by atoms with Gasteiger partial charge in [0.15, 0.2) is 0 Å². The van der Waals surface area contributed by atoms with E-state index in [1.165, 1.54) is 0 Å². The van der Waals surface area contributed by atoms with Crippen molar-refractivity contribution in [1.82, 2.24) is 0 Å². The molecule has 0 bridgehead atoms. The lowest BCUT2D eigenvalue weighted by Crippen LogP contribution is -2.29. The van der Waals surface area contributed by atoms with E-state index >= 15 is 0 Å². The van der Waals surface area contributed by atoms with Crippen LogP contribution in [-0.4, -0.2) is 14.2 Å². The number of hydrogen-bond donors (Lipinski definition) is 0. The second-order valence-electron chi connectivity index (χ2n) is 3.64. The summed E-state index contributed by atoms with van der Waals surface area (Å²) in [6.45, 7) is 0. The summed E-state index contributed by atoms with van der Waals surface area (Å²) in [5, 5.41) is 8.82. The Bertz CT molecular complexity index is 312. The Labute approximate surface area is 77.8 Å². The zero-order chi connectivity index (χ0) is 9.95. The molecule has 1 fully saturated rings. The number of halogens is 1. The molecule has 74 valence electrons. The lowest BCUT2D eigenvalue weighted by Gasteiger charge is -2.28. The fraction of sp³-hybridized carbons (Fsp3) is 0.875. The van der Waals surface area contributed by atoms with Crippen LogP contribution < -0.4 is 0 Å². The van der Waals surface area contributed by atoms with Crippen molar-refractivity contribution < 1.29 is 12.3 Å². The zero-order valence-electron chi connectivity index (χ0n) is 7.29. The third kappa shape index (κ3) is 2.96. The first-order chi connectivity index (χ1) is 5.97. The molecular formula is C8H12FNO2S. The molecule has 0 aromatic carbocycles. The van der Waals surface area contributed by atoms with Crippen molar-refractivity contribution in [3.63, 3.8) is 0 Å². The third-order valence-electron chi connectivity index (χ3n) is 2.50. The summed E-state index contributed by atoms with van der Waals surface area (Å²) in [7, 11) is -4.52. The predicted octanol–water partition coefficient (Wildman–Crippen LogP) is 1.76. The third-order valence-corrected chi connectivity index (χ3v) is 3.39. The summed E-state index contributed by atoms with van der Waals surface area (Å²) >= 11 is 0. The van der Waals surface area contributed by atoms with Crippen LogP contribution in [0.5, 0.6) is 0 Å². The van der Waals surface area contributed by atoms with Crippen molar-refractivity contribution in [2.45, 2.75) is 32.1 Å². The molecule has 0 heterocycles. The van der Waals surface area contributed by atoms with Crippen LogP contribution in [0.3, 0.4) is 0 Å². The van der Waals surface area contributed by atoms with Crippen molar-refractivity contribution in [1.29, 1.82) is 5.26 Å². The molecular weight excluding hydrogens is 193 g/mol. The Hall–Kier alpha value is -0.630. The topological polar surface area (TPSA) is 57.9 Å². The summed E-state index contributed by atoms with van der Waals surface area (Å²) in [6.07, 6.45) is 3.67.